The monoisotopic (exact) mass is 528 g/mol. The second kappa shape index (κ2) is 8.96. The van der Waals surface area contributed by atoms with Gasteiger partial charge in [-0.05, 0) is 0 Å². The Kier molecular flexibility index (Phi) is 9.35. The molecule has 0 unspecified atom stereocenters. The van der Waals surface area contributed by atoms with Gasteiger partial charge in [-0.2, -0.15) is 0 Å². The topological polar surface area (TPSA) is 95.4 Å². The number of nitrogens with two attached hydrogens (primary N) is 2. The van der Waals surface area contributed by atoms with E-state index in [1.165, 1.54) is 0 Å². The number of primary amides is 2. The van der Waals surface area contributed by atoms with Gasteiger partial charge in [0.2, 0.25) is 11.8 Å². The first-order valence-corrected chi connectivity index (χ1v) is 9.74. The molecule has 0 rings (SSSR count). The largest absolute Gasteiger partial charge is 0.379 e. The number of carbonyl (C=O) groups excluding carboxylic acids is 2. The highest BCUT2D eigenvalue weighted by Crippen LogP contribution is 2.27. The second-order valence-corrected chi connectivity index (χ2v) is 6.56. The molecule has 0 aliphatic heterocycles. The van der Waals surface area contributed by atoms with Crippen LogP contribution < -0.4 is 11.5 Å². The zero-order chi connectivity index (χ0) is 15.1. The number of amides is 2. The minimum atomic E-state index is -0.845. The lowest BCUT2D eigenvalue weighted by atomic mass is 9.92. The number of rotatable bonds is 10. The van der Waals surface area contributed by atoms with Crippen molar-refractivity contribution in [3.63, 3.8) is 0 Å². The SMILES string of the molecule is NC(=O)C(CBr)(CBr)COCC(CBr)(CBr)C(N)=O. The van der Waals surface area contributed by atoms with Crippen LogP contribution in [0.15, 0.2) is 0 Å². The number of alkyl halides is 4. The summed E-state index contributed by atoms with van der Waals surface area (Å²) in [6, 6.07) is 0. The maximum atomic E-state index is 11.5. The van der Waals surface area contributed by atoms with Crippen molar-refractivity contribution in [2.45, 2.75) is 0 Å². The molecule has 0 aliphatic carbocycles. The molecule has 0 saturated carbocycles. The van der Waals surface area contributed by atoms with Crippen LogP contribution in [-0.4, -0.2) is 46.3 Å². The number of ether oxygens (including phenoxy) is 1. The van der Waals surface area contributed by atoms with Gasteiger partial charge in [0.1, 0.15) is 0 Å². The predicted molar refractivity (Wildman–Crippen MR) is 89.2 cm³/mol. The van der Waals surface area contributed by atoms with E-state index in [2.05, 4.69) is 63.7 Å². The van der Waals surface area contributed by atoms with Crippen molar-refractivity contribution in [2.24, 2.45) is 22.3 Å². The van der Waals surface area contributed by atoms with Crippen LogP contribution in [0.4, 0.5) is 0 Å². The maximum Gasteiger partial charge on any atom is 0.227 e. The fourth-order valence-corrected chi connectivity index (χ4v) is 4.68. The Morgan fingerprint density at radius 3 is 1.21 bits per heavy atom. The van der Waals surface area contributed by atoms with Gasteiger partial charge in [0.25, 0.3) is 0 Å². The number of hydrogen-bond donors (Lipinski definition) is 2. The average molecular weight is 532 g/mol. The van der Waals surface area contributed by atoms with Gasteiger partial charge in [-0.25, -0.2) is 0 Å². The molecule has 112 valence electrons. The molecular weight excluding hydrogens is 516 g/mol. The van der Waals surface area contributed by atoms with Crippen LogP contribution in [0.5, 0.6) is 0 Å². The molecule has 0 aromatic heterocycles. The minimum Gasteiger partial charge on any atom is -0.379 e. The van der Waals surface area contributed by atoms with Gasteiger partial charge in [0, 0.05) is 21.3 Å². The summed E-state index contributed by atoms with van der Waals surface area (Å²) in [5, 5.41) is 1.47. The second-order valence-electron chi connectivity index (χ2n) is 4.32. The van der Waals surface area contributed by atoms with Crippen molar-refractivity contribution in [2.75, 3.05) is 34.5 Å². The molecule has 0 aromatic rings. The van der Waals surface area contributed by atoms with Crippen molar-refractivity contribution < 1.29 is 14.3 Å². The van der Waals surface area contributed by atoms with Gasteiger partial charge < -0.3 is 16.2 Å². The highest BCUT2D eigenvalue weighted by molar-refractivity contribution is 9.10. The van der Waals surface area contributed by atoms with Gasteiger partial charge in [-0.15, -0.1) is 0 Å². The Bertz CT molecular complexity index is 290. The van der Waals surface area contributed by atoms with Crippen molar-refractivity contribution in [3.05, 3.63) is 0 Å². The van der Waals surface area contributed by atoms with E-state index in [1.807, 2.05) is 0 Å². The highest BCUT2D eigenvalue weighted by atomic mass is 79.9. The molecular formula is C10H16Br4N2O3. The first kappa shape index (κ1) is 19.8. The third-order valence-corrected chi connectivity index (χ3v) is 7.12. The molecule has 2 amide bonds. The quantitative estimate of drug-likeness (QED) is 0.419. The normalized spacial score (nSPS) is 12.4. The number of hydrogen-bond acceptors (Lipinski definition) is 3. The summed E-state index contributed by atoms with van der Waals surface area (Å²) in [7, 11) is 0. The first-order chi connectivity index (χ1) is 8.84. The van der Waals surface area contributed by atoms with Crippen LogP contribution >= 0.6 is 63.7 Å². The highest BCUT2D eigenvalue weighted by Gasteiger charge is 2.39. The lowest BCUT2D eigenvalue weighted by molar-refractivity contribution is -0.132. The third kappa shape index (κ3) is 4.94. The maximum absolute atomic E-state index is 11.5. The molecule has 5 nitrogen and oxygen atoms in total. The van der Waals surface area contributed by atoms with Crippen LogP contribution in [-0.2, 0) is 14.3 Å². The Balaban J connectivity index is 4.72. The molecule has 0 heterocycles. The van der Waals surface area contributed by atoms with Gasteiger partial charge in [0.05, 0.1) is 24.0 Å². The van der Waals surface area contributed by atoms with E-state index in [1.54, 1.807) is 0 Å². The van der Waals surface area contributed by atoms with Crippen LogP contribution in [0, 0.1) is 10.8 Å². The van der Waals surface area contributed by atoms with E-state index >= 15 is 0 Å². The smallest absolute Gasteiger partial charge is 0.227 e. The van der Waals surface area contributed by atoms with E-state index in [9.17, 15) is 9.59 Å². The van der Waals surface area contributed by atoms with Crippen molar-refractivity contribution in [3.8, 4) is 0 Å². The Morgan fingerprint density at radius 1 is 0.789 bits per heavy atom. The molecule has 0 aromatic carbocycles. The fraction of sp³-hybridized carbons (Fsp3) is 0.800. The predicted octanol–water partition coefficient (Wildman–Crippen LogP) is 1.53. The summed E-state index contributed by atoms with van der Waals surface area (Å²) in [5.41, 5.74) is 9.07. The van der Waals surface area contributed by atoms with Gasteiger partial charge in [-0.3, -0.25) is 9.59 Å². The number of halogens is 4. The molecule has 0 saturated heterocycles. The zero-order valence-electron chi connectivity index (χ0n) is 10.1. The molecule has 19 heavy (non-hydrogen) atoms. The van der Waals surface area contributed by atoms with Gasteiger partial charge in [0.15, 0.2) is 0 Å². The minimum absolute atomic E-state index is 0.105. The standard InChI is InChI=1S/C10H16Br4N2O3/c11-1-9(2-12,7(15)17)5-19-6-10(3-13,4-14)8(16)18/h1-6H2,(H2,15,17)(H2,16,18). The third-order valence-electron chi connectivity index (χ3n) is 2.83. The molecule has 9 heteroatoms. The molecule has 0 spiro atoms. The fourth-order valence-electron chi connectivity index (χ4n) is 1.07. The molecule has 0 bridgehead atoms. The molecule has 0 aliphatic rings. The summed E-state index contributed by atoms with van der Waals surface area (Å²) in [6.45, 7) is 0.210. The Hall–Kier alpha value is 0.820. The molecule has 4 N–H and O–H groups in total. The molecule has 0 radical (unpaired) electrons. The Labute approximate surface area is 146 Å². The van der Waals surface area contributed by atoms with E-state index < -0.39 is 22.6 Å². The summed E-state index contributed by atoms with van der Waals surface area (Å²) >= 11 is 13.0. The lowest BCUT2D eigenvalue weighted by Crippen LogP contribution is -2.48. The van der Waals surface area contributed by atoms with Crippen molar-refractivity contribution in [1.82, 2.24) is 0 Å². The van der Waals surface area contributed by atoms with Crippen LogP contribution in [0.1, 0.15) is 0 Å². The first-order valence-electron chi connectivity index (χ1n) is 5.25. The van der Waals surface area contributed by atoms with E-state index in [-0.39, 0.29) is 13.2 Å². The lowest BCUT2D eigenvalue weighted by Gasteiger charge is -2.30. The van der Waals surface area contributed by atoms with E-state index in [4.69, 9.17) is 16.2 Å². The average Bonchev–Trinajstić information content (AvgIpc) is 2.39. The summed E-state index contributed by atoms with van der Waals surface area (Å²) in [4.78, 5) is 23.0. The summed E-state index contributed by atoms with van der Waals surface area (Å²) in [6.07, 6.45) is 0. The van der Waals surface area contributed by atoms with Crippen molar-refractivity contribution in [1.29, 1.82) is 0 Å². The van der Waals surface area contributed by atoms with E-state index in [0.717, 1.165) is 0 Å². The molecule has 0 fully saturated rings. The summed E-state index contributed by atoms with van der Waals surface area (Å²) < 4.78 is 5.53. The molecule has 0 atom stereocenters. The van der Waals surface area contributed by atoms with Crippen LogP contribution in [0.25, 0.3) is 0 Å². The van der Waals surface area contributed by atoms with Gasteiger partial charge >= 0.3 is 0 Å². The number of carbonyl (C=O) groups is 2. The summed E-state index contributed by atoms with van der Waals surface area (Å²) in [5.74, 6) is -0.938. The van der Waals surface area contributed by atoms with Crippen LogP contribution in [0.3, 0.4) is 0 Å². The van der Waals surface area contributed by atoms with Crippen LogP contribution in [0.2, 0.25) is 0 Å². The Morgan fingerprint density at radius 2 is 1.05 bits per heavy atom. The van der Waals surface area contributed by atoms with Gasteiger partial charge in [-0.1, -0.05) is 63.7 Å². The zero-order valence-corrected chi connectivity index (χ0v) is 16.5. The van der Waals surface area contributed by atoms with Crippen molar-refractivity contribution >= 4 is 75.5 Å². The van der Waals surface area contributed by atoms with E-state index in [0.29, 0.717) is 21.3 Å².